The Bertz CT molecular complexity index is 482. The number of aromatic nitrogens is 1. The summed E-state index contributed by atoms with van der Waals surface area (Å²) in [7, 11) is 0. The van der Waals surface area contributed by atoms with Crippen LogP contribution in [0.3, 0.4) is 0 Å². The highest BCUT2D eigenvalue weighted by atomic mass is 16.2. The molecule has 3 rings (SSSR count). The van der Waals surface area contributed by atoms with Crippen molar-refractivity contribution in [3.05, 3.63) is 30.1 Å². The van der Waals surface area contributed by atoms with Gasteiger partial charge in [0.25, 0.3) is 0 Å². The fourth-order valence-corrected chi connectivity index (χ4v) is 3.52. The van der Waals surface area contributed by atoms with Gasteiger partial charge in [-0.3, -0.25) is 9.78 Å². The van der Waals surface area contributed by atoms with E-state index in [1.165, 1.54) is 5.56 Å². The normalized spacial score (nSPS) is 24.4. The number of pyridine rings is 1. The topological polar surface area (TPSA) is 36.4 Å². The molecule has 1 atom stereocenters. The van der Waals surface area contributed by atoms with Crippen molar-refractivity contribution in [1.29, 1.82) is 0 Å². The van der Waals surface area contributed by atoms with Crippen molar-refractivity contribution in [1.82, 2.24) is 14.8 Å². The molecule has 2 fully saturated rings. The molecule has 4 nitrogen and oxygen atoms in total. The van der Waals surface area contributed by atoms with Gasteiger partial charge in [-0.05, 0) is 43.9 Å². The van der Waals surface area contributed by atoms with Crippen molar-refractivity contribution in [3.63, 3.8) is 0 Å². The van der Waals surface area contributed by atoms with Crippen LogP contribution >= 0.6 is 0 Å². The third-order valence-electron chi connectivity index (χ3n) is 4.82. The van der Waals surface area contributed by atoms with Crippen LogP contribution in [0.4, 0.5) is 0 Å². The smallest absolute Gasteiger partial charge is 0.222 e. The molecule has 0 bridgehead atoms. The van der Waals surface area contributed by atoms with Crippen LogP contribution in [0.15, 0.2) is 24.5 Å². The Labute approximate surface area is 127 Å². The van der Waals surface area contributed by atoms with Crippen LogP contribution in [-0.4, -0.2) is 52.9 Å². The molecule has 0 spiro atoms. The molecular weight excluding hydrogens is 262 g/mol. The van der Waals surface area contributed by atoms with E-state index in [2.05, 4.69) is 35.9 Å². The molecule has 1 aromatic rings. The lowest BCUT2D eigenvalue weighted by molar-refractivity contribution is -0.137. The minimum atomic E-state index is 0.333. The van der Waals surface area contributed by atoms with Gasteiger partial charge in [-0.25, -0.2) is 0 Å². The fourth-order valence-electron chi connectivity index (χ4n) is 3.52. The summed E-state index contributed by atoms with van der Waals surface area (Å²) in [6, 6.07) is 4.59. The third kappa shape index (κ3) is 3.26. The summed E-state index contributed by atoms with van der Waals surface area (Å²) in [5.74, 6) is 1.64. The maximum atomic E-state index is 11.9. The summed E-state index contributed by atoms with van der Waals surface area (Å²) in [6.07, 6.45) is 5.54. The molecule has 114 valence electrons. The number of nitrogens with zero attached hydrogens (tertiary/aromatic N) is 3. The monoisotopic (exact) mass is 287 g/mol. The molecule has 2 aliphatic rings. The molecule has 21 heavy (non-hydrogen) atoms. The molecule has 2 aliphatic heterocycles. The zero-order valence-electron chi connectivity index (χ0n) is 13.0. The third-order valence-corrected chi connectivity index (χ3v) is 4.82. The van der Waals surface area contributed by atoms with Crippen LogP contribution in [0.5, 0.6) is 0 Å². The highest BCUT2D eigenvalue weighted by molar-refractivity contribution is 5.77. The van der Waals surface area contributed by atoms with Crippen LogP contribution < -0.4 is 0 Å². The van der Waals surface area contributed by atoms with Crippen molar-refractivity contribution in [2.45, 2.75) is 38.6 Å². The summed E-state index contributed by atoms with van der Waals surface area (Å²) in [5, 5.41) is 0. The number of amides is 1. The first kappa shape index (κ1) is 14.5. The average Bonchev–Trinajstić information content (AvgIpc) is 2.44. The minimum absolute atomic E-state index is 0.333. The molecule has 1 unspecified atom stereocenters. The van der Waals surface area contributed by atoms with Crippen LogP contribution in [-0.2, 0) is 4.79 Å². The first-order valence-corrected chi connectivity index (χ1v) is 8.05. The fraction of sp³-hybridized carbons (Fsp3) is 0.647. The molecule has 2 saturated heterocycles. The van der Waals surface area contributed by atoms with Gasteiger partial charge in [-0.15, -0.1) is 0 Å². The van der Waals surface area contributed by atoms with E-state index in [0.717, 1.165) is 39.0 Å². The first-order valence-electron chi connectivity index (χ1n) is 8.05. The van der Waals surface area contributed by atoms with E-state index in [4.69, 9.17) is 0 Å². The lowest BCUT2D eigenvalue weighted by Crippen LogP contribution is -2.51. The number of carbonyl (C=O) groups is 1. The number of piperidine rings is 1. The second-order valence-electron chi connectivity index (χ2n) is 6.74. The summed E-state index contributed by atoms with van der Waals surface area (Å²) in [5.41, 5.74) is 1.41. The zero-order chi connectivity index (χ0) is 14.8. The quantitative estimate of drug-likeness (QED) is 0.851. The summed E-state index contributed by atoms with van der Waals surface area (Å²) in [4.78, 5) is 20.6. The number of hydrogen-bond acceptors (Lipinski definition) is 3. The van der Waals surface area contributed by atoms with Crippen LogP contribution in [0, 0.1) is 5.92 Å². The molecule has 0 radical (unpaired) electrons. The highest BCUT2D eigenvalue weighted by Crippen LogP contribution is 2.29. The van der Waals surface area contributed by atoms with Crippen molar-refractivity contribution >= 4 is 5.91 Å². The molecule has 0 saturated carbocycles. The maximum Gasteiger partial charge on any atom is 0.222 e. The first-order chi connectivity index (χ1) is 10.1. The van der Waals surface area contributed by atoms with Crippen molar-refractivity contribution in [2.24, 2.45) is 5.92 Å². The molecule has 0 aliphatic carbocycles. The number of likely N-dealkylation sites (tertiary alicyclic amines) is 2. The summed E-state index contributed by atoms with van der Waals surface area (Å²) >= 11 is 0. The Morgan fingerprint density at radius 3 is 2.62 bits per heavy atom. The van der Waals surface area contributed by atoms with Gasteiger partial charge in [-0.2, -0.15) is 0 Å². The Morgan fingerprint density at radius 1 is 1.24 bits per heavy atom. The predicted octanol–water partition coefficient (Wildman–Crippen LogP) is 2.13. The van der Waals surface area contributed by atoms with Crippen molar-refractivity contribution < 1.29 is 4.79 Å². The van der Waals surface area contributed by atoms with Gasteiger partial charge in [0.1, 0.15) is 0 Å². The second-order valence-corrected chi connectivity index (χ2v) is 6.74. The van der Waals surface area contributed by atoms with E-state index in [0.29, 0.717) is 23.8 Å². The molecular formula is C17H25N3O. The maximum absolute atomic E-state index is 11.9. The largest absolute Gasteiger partial charge is 0.340 e. The van der Waals surface area contributed by atoms with Crippen LogP contribution in [0.1, 0.15) is 38.2 Å². The van der Waals surface area contributed by atoms with E-state index in [-0.39, 0.29) is 0 Å². The summed E-state index contributed by atoms with van der Waals surface area (Å²) < 4.78 is 0. The minimum Gasteiger partial charge on any atom is -0.340 e. The average molecular weight is 287 g/mol. The number of hydrogen-bond donors (Lipinski definition) is 0. The molecule has 1 aromatic heterocycles. The van der Waals surface area contributed by atoms with E-state index in [9.17, 15) is 4.79 Å². The Kier molecular flexibility index (Phi) is 4.24. The van der Waals surface area contributed by atoms with Crippen LogP contribution in [0.25, 0.3) is 0 Å². The summed E-state index contributed by atoms with van der Waals surface area (Å²) in [6.45, 7) is 8.60. The van der Waals surface area contributed by atoms with Gasteiger partial charge in [-0.1, -0.05) is 0 Å². The van der Waals surface area contributed by atoms with Gasteiger partial charge in [0.2, 0.25) is 5.91 Å². The van der Waals surface area contributed by atoms with Crippen molar-refractivity contribution in [3.8, 4) is 0 Å². The molecule has 0 N–H and O–H groups in total. The van der Waals surface area contributed by atoms with E-state index < -0.39 is 0 Å². The van der Waals surface area contributed by atoms with Gasteiger partial charge in [0, 0.05) is 57.0 Å². The predicted molar refractivity (Wildman–Crippen MR) is 83.0 cm³/mol. The zero-order valence-corrected chi connectivity index (χ0v) is 13.0. The Morgan fingerprint density at radius 2 is 1.95 bits per heavy atom. The molecule has 4 heteroatoms. The van der Waals surface area contributed by atoms with Crippen molar-refractivity contribution in [2.75, 3.05) is 26.2 Å². The highest BCUT2D eigenvalue weighted by Gasteiger charge is 2.33. The standard InChI is InChI=1S/C17H25N3O/c1-13(2)20-10-14(3-4-17(20)21)9-19-11-16(12-19)15-5-7-18-8-6-15/h5-8,13-14,16H,3-4,9-12H2,1-2H3. The van der Waals surface area contributed by atoms with E-state index in [1.807, 2.05) is 17.3 Å². The second kappa shape index (κ2) is 6.14. The Hall–Kier alpha value is -1.42. The lowest BCUT2D eigenvalue weighted by Gasteiger charge is -2.44. The molecule has 3 heterocycles. The SMILES string of the molecule is CC(C)N1CC(CN2CC(c3ccncc3)C2)CCC1=O. The van der Waals surface area contributed by atoms with E-state index >= 15 is 0 Å². The van der Waals surface area contributed by atoms with Crippen LogP contribution in [0.2, 0.25) is 0 Å². The van der Waals surface area contributed by atoms with Gasteiger partial charge < -0.3 is 9.80 Å². The Balaban J connectivity index is 1.47. The molecule has 1 amide bonds. The van der Waals surface area contributed by atoms with E-state index in [1.54, 1.807) is 0 Å². The van der Waals surface area contributed by atoms with Gasteiger partial charge >= 0.3 is 0 Å². The number of rotatable bonds is 4. The number of carbonyl (C=O) groups excluding carboxylic acids is 1. The molecule has 0 aromatic carbocycles. The van der Waals surface area contributed by atoms with Gasteiger partial charge in [0.15, 0.2) is 0 Å². The lowest BCUT2D eigenvalue weighted by atomic mass is 9.89. The van der Waals surface area contributed by atoms with Gasteiger partial charge in [0.05, 0.1) is 0 Å².